The Labute approximate surface area is 154 Å². The van der Waals surface area contributed by atoms with E-state index in [0.717, 1.165) is 41.8 Å². The molecule has 0 amide bonds. The summed E-state index contributed by atoms with van der Waals surface area (Å²) >= 11 is 0. The van der Waals surface area contributed by atoms with Gasteiger partial charge in [0.15, 0.2) is 0 Å². The third-order valence-corrected chi connectivity index (χ3v) is 4.95. The fourth-order valence-electron chi connectivity index (χ4n) is 3.28. The Morgan fingerprint density at radius 1 is 0.846 bits per heavy atom. The van der Waals surface area contributed by atoms with Gasteiger partial charge in [0.25, 0.3) is 0 Å². The summed E-state index contributed by atoms with van der Waals surface area (Å²) in [5.41, 5.74) is 5.68. The Hall–Kier alpha value is -2.88. The molecule has 132 valence electrons. The number of hydrogen-bond acceptors (Lipinski definition) is 4. The van der Waals surface area contributed by atoms with Crippen LogP contribution in [0.2, 0.25) is 0 Å². The van der Waals surface area contributed by atoms with Gasteiger partial charge in [-0.2, -0.15) is 4.98 Å². The Balaban J connectivity index is 1.72. The Bertz CT molecular complexity index is 899. The summed E-state index contributed by atoms with van der Waals surface area (Å²) in [6, 6.07) is 18.7. The van der Waals surface area contributed by atoms with Crippen molar-refractivity contribution < 1.29 is 0 Å². The zero-order valence-electron chi connectivity index (χ0n) is 15.4. The number of nitrogens with zero attached hydrogens (tertiary/aromatic N) is 3. The van der Waals surface area contributed by atoms with Gasteiger partial charge in [-0.25, -0.2) is 4.98 Å². The summed E-state index contributed by atoms with van der Waals surface area (Å²) in [7, 11) is 0. The van der Waals surface area contributed by atoms with Crippen LogP contribution in [0.15, 0.2) is 54.6 Å². The molecule has 0 spiro atoms. The van der Waals surface area contributed by atoms with Gasteiger partial charge in [0.1, 0.15) is 5.82 Å². The monoisotopic (exact) mass is 344 g/mol. The van der Waals surface area contributed by atoms with Crippen LogP contribution in [0.1, 0.15) is 24.0 Å². The van der Waals surface area contributed by atoms with Crippen LogP contribution >= 0.6 is 0 Å². The van der Waals surface area contributed by atoms with E-state index < -0.39 is 0 Å². The van der Waals surface area contributed by atoms with Crippen LogP contribution in [0, 0.1) is 13.8 Å². The van der Waals surface area contributed by atoms with E-state index in [1.165, 1.54) is 24.0 Å². The maximum absolute atomic E-state index is 4.83. The average Bonchev–Trinajstić information content (AvgIpc) is 3.20. The third-order valence-electron chi connectivity index (χ3n) is 4.95. The highest BCUT2D eigenvalue weighted by Gasteiger charge is 2.17. The number of rotatable bonds is 4. The first kappa shape index (κ1) is 16.6. The van der Waals surface area contributed by atoms with E-state index in [1.807, 2.05) is 24.3 Å². The molecule has 1 fully saturated rings. The molecular weight excluding hydrogens is 320 g/mol. The van der Waals surface area contributed by atoms with Crippen LogP contribution in [-0.2, 0) is 0 Å². The summed E-state index contributed by atoms with van der Waals surface area (Å²) in [6.07, 6.45) is 2.41. The molecule has 0 atom stereocenters. The number of benzene rings is 2. The smallest absolute Gasteiger partial charge is 0.227 e. The molecule has 0 radical (unpaired) electrons. The molecule has 0 saturated carbocycles. The summed E-state index contributed by atoms with van der Waals surface area (Å²) < 4.78 is 0. The van der Waals surface area contributed by atoms with Crippen molar-refractivity contribution in [2.45, 2.75) is 26.7 Å². The molecule has 4 nitrogen and oxygen atoms in total. The van der Waals surface area contributed by atoms with E-state index in [-0.39, 0.29) is 0 Å². The van der Waals surface area contributed by atoms with Crippen molar-refractivity contribution in [2.24, 2.45) is 0 Å². The van der Waals surface area contributed by atoms with E-state index in [9.17, 15) is 0 Å². The van der Waals surface area contributed by atoms with Crippen LogP contribution in [-0.4, -0.2) is 23.1 Å². The summed E-state index contributed by atoms with van der Waals surface area (Å²) in [5, 5.41) is 3.47. The minimum atomic E-state index is 0.815. The van der Waals surface area contributed by atoms with E-state index in [1.54, 1.807) is 0 Å². The molecule has 1 aliphatic rings. The molecule has 1 aliphatic heterocycles. The second-order valence-corrected chi connectivity index (χ2v) is 6.92. The van der Waals surface area contributed by atoms with Crippen molar-refractivity contribution in [1.82, 2.24) is 9.97 Å². The summed E-state index contributed by atoms with van der Waals surface area (Å²) in [4.78, 5) is 11.9. The average molecular weight is 344 g/mol. The molecule has 2 heterocycles. The van der Waals surface area contributed by atoms with E-state index >= 15 is 0 Å². The number of aromatic nitrogens is 2. The van der Waals surface area contributed by atoms with Gasteiger partial charge < -0.3 is 10.2 Å². The molecule has 26 heavy (non-hydrogen) atoms. The van der Waals surface area contributed by atoms with Crippen LogP contribution in [0.25, 0.3) is 11.3 Å². The van der Waals surface area contributed by atoms with Gasteiger partial charge in [-0.15, -0.1) is 0 Å². The van der Waals surface area contributed by atoms with Crippen molar-refractivity contribution >= 4 is 17.5 Å². The number of anilines is 3. The third kappa shape index (κ3) is 3.54. The van der Waals surface area contributed by atoms with E-state index in [4.69, 9.17) is 9.97 Å². The zero-order chi connectivity index (χ0) is 17.9. The molecule has 1 saturated heterocycles. The minimum absolute atomic E-state index is 0.815. The molecule has 0 aliphatic carbocycles. The normalized spacial score (nSPS) is 13.8. The summed E-state index contributed by atoms with van der Waals surface area (Å²) in [5.74, 6) is 1.65. The largest absolute Gasteiger partial charge is 0.341 e. The van der Waals surface area contributed by atoms with Crippen molar-refractivity contribution in [3.05, 3.63) is 65.7 Å². The standard InChI is InChI=1S/C22H24N4/c1-16-10-11-19(14-17(16)2)23-21-15-20(18-8-4-3-5-9-18)24-22(25-21)26-12-6-7-13-26/h3-5,8-11,14-15H,6-7,12-13H2,1-2H3,(H,23,24,25). The highest BCUT2D eigenvalue weighted by molar-refractivity contribution is 5.68. The van der Waals surface area contributed by atoms with Crippen LogP contribution in [0.5, 0.6) is 0 Å². The highest BCUT2D eigenvalue weighted by atomic mass is 15.3. The second-order valence-electron chi connectivity index (χ2n) is 6.92. The number of aryl methyl sites for hydroxylation is 2. The molecule has 3 aromatic rings. The predicted octanol–water partition coefficient (Wildman–Crippen LogP) is 5.10. The fourth-order valence-corrected chi connectivity index (χ4v) is 3.28. The second kappa shape index (κ2) is 7.16. The maximum atomic E-state index is 4.83. The Morgan fingerprint density at radius 2 is 1.62 bits per heavy atom. The lowest BCUT2D eigenvalue weighted by molar-refractivity contribution is 0.902. The van der Waals surface area contributed by atoms with Crippen molar-refractivity contribution in [1.29, 1.82) is 0 Å². The van der Waals surface area contributed by atoms with Crippen molar-refractivity contribution in [3.63, 3.8) is 0 Å². The molecule has 1 N–H and O–H groups in total. The van der Waals surface area contributed by atoms with Gasteiger partial charge in [0.05, 0.1) is 5.69 Å². The Morgan fingerprint density at radius 3 is 2.35 bits per heavy atom. The first-order valence-corrected chi connectivity index (χ1v) is 9.23. The van der Waals surface area contributed by atoms with Gasteiger partial charge in [0.2, 0.25) is 5.95 Å². The topological polar surface area (TPSA) is 41.1 Å². The van der Waals surface area contributed by atoms with E-state index in [2.05, 4.69) is 54.4 Å². The lowest BCUT2D eigenvalue weighted by Crippen LogP contribution is -2.21. The van der Waals surface area contributed by atoms with Gasteiger partial charge in [-0.3, -0.25) is 0 Å². The molecule has 4 rings (SSSR count). The Kier molecular flexibility index (Phi) is 4.57. The van der Waals surface area contributed by atoms with Crippen LogP contribution in [0.3, 0.4) is 0 Å². The number of hydrogen-bond donors (Lipinski definition) is 1. The maximum Gasteiger partial charge on any atom is 0.227 e. The van der Waals surface area contributed by atoms with E-state index in [0.29, 0.717) is 0 Å². The fraction of sp³-hybridized carbons (Fsp3) is 0.273. The highest BCUT2D eigenvalue weighted by Crippen LogP contribution is 2.27. The molecule has 0 bridgehead atoms. The first-order chi connectivity index (χ1) is 12.7. The van der Waals surface area contributed by atoms with Crippen LogP contribution in [0.4, 0.5) is 17.5 Å². The van der Waals surface area contributed by atoms with Gasteiger partial charge >= 0.3 is 0 Å². The lowest BCUT2D eigenvalue weighted by Gasteiger charge is -2.18. The van der Waals surface area contributed by atoms with Gasteiger partial charge in [-0.1, -0.05) is 36.4 Å². The summed E-state index contributed by atoms with van der Waals surface area (Å²) in [6.45, 7) is 6.32. The lowest BCUT2D eigenvalue weighted by atomic mass is 10.1. The quantitative estimate of drug-likeness (QED) is 0.714. The SMILES string of the molecule is Cc1ccc(Nc2cc(-c3ccccc3)nc(N3CCCC3)n2)cc1C. The first-order valence-electron chi connectivity index (χ1n) is 9.23. The van der Waals surface area contributed by atoms with Crippen LogP contribution < -0.4 is 10.2 Å². The number of nitrogens with one attached hydrogen (secondary N) is 1. The zero-order valence-corrected chi connectivity index (χ0v) is 15.4. The molecule has 0 unspecified atom stereocenters. The molecule has 4 heteroatoms. The van der Waals surface area contributed by atoms with Gasteiger partial charge in [0, 0.05) is 30.4 Å². The molecular formula is C22H24N4. The van der Waals surface area contributed by atoms with Crippen molar-refractivity contribution in [2.75, 3.05) is 23.3 Å². The van der Waals surface area contributed by atoms with Gasteiger partial charge in [-0.05, 0) is 49.9 Å². The molecule has 1 aromatic heterocycles. The van der Waals surface area contributed by atoms with Crippen molar-refractivity contribution in [3.8, 4) is 11.3 Å². The predicted molar refractivity (Wildman–Crippen MR) is 108 cm³/mol. The molecule has 2 aromatic carbocycles. The minimum Gasteiger partial charge on any atom is -0.341 e.